The number of carbonyl (C=O) groups excluding carboxylic acids is 2. The summed E-state index contributed by atoms with van der Waals surface area (Å²) in [4.78, 5) is 24.4. The van der Waals surface area contributed by atoms with Crippen LogP contribution < -0.4 is 0 Å². The van der Waals surface area contributed by atoms with Crippen LogP contribution in [0, 0.1) is 6.92 Å². The fourth-order valence-corrected chi connectivity index (χ4v) is 2.63. The lowest BCUT2D eigenvalue weighted by Crippen LogP contribution is -2.05. The van der Waals surface area contributed by atoms with Gasteiger partial charge in [0.1, 0.15) is 0 Å². The van der Waals surface area contributed by atoms with E-state index in [9.17, 15) is 9.59 Å². The fourth-order valence-electron chi connectivity index (χ4n) is 2.63. The lowest BCUT2D eigenvalue weighted by molar-refractivity contribution is -0.122. The Hall–Kier alpha value is -2.16. The third-order valence-corrected chi connectivity index (χ3v) is 3.82. The Morgan fingerprint density at radius 1 is 1.23 bits per heavy atom. The van der Waals surface area contributed by atoms with Crippen LogP contribution in [0.3, 0.4) is 0 Å². The van der Waals surface area contributed by atoms with Gasteiger partial charge in [-0.05, 0) is 37.0 Å². The number of rotatable bonds is 6. The van der Waals surface area contributed by atoms with Crippen LogP contribution in [-0.2, 0) is 14.3 Å². The number of ketones is 2. The van der Waals surface area contributed by atoms with E-state index in [0.29, 0.717) is 12.2 Å². The van der Waals surface area contributed by atoms with Crippen molar-refractivity contribution < 1.29 is 14.3 Å². The van der Waals surface area contributed by atoms with Gasteiger partial charge < -0.3 is 4.74 Å². The normalized spacial score (nSPS) is 15.7. The molecule has 1 aromatic carbocycles. The standard InChI is InChI=1S/C19H22O3/c1-4-6-11-22-19-17(21)12-16(20)18(19)14(5-2)15-10-8-7-9-13(15)3/h5,7-10H,4,6,11-12H2,1-3H3/b14-5+. The molecule has 22 heavy (non-hydrogen) atoms. The molecule has 1 aliphatic carbocycles. The molecule has 1 aromatic rings. The second-order valence-corrected chi connectivity index (χ2v) is 5.45. The average molecular weight is 298 g/mol. The van der Waals surface area contributed by atoms with Crippen molar-refractivity contribution in [1.82, 2.24) is 0 Å². The maximum Gasteiger partial charge on any atom is 0.205 e. The number of hydrogen-bond acceptors (Lipinski definition) is 3. The molecule has 0 saturated heterocycles. The molecule has 0 atom stereocenters. The van der Waals surface area contributed by atoms with Gasteiger partial charge in [0, 0.05) is 0 Å². The Kier molecular flexibility index (Phi) is 5.31. The van der Waals surface area contributed by atoms with E-state index in [0.717, 1.165) is 29.5 Å². The SMILES string of the molecule is C/C=C(/C1=C(OCCCC)C(=O)CC1=O)c1ccccc1C. The monoisotopic (exact) mass is 298 g/mol. The van der Waals surface area contributed by atoms with Crippen LogP contribution >= 0.6 is 0 Å². The van der Waals surface area contributed by atoms with Crippen molar-refractivity contribution in [2.24, 2.45) is 0 Å². The molecule has 3 nitrogen and oxygen atoms in total. The first-order chi connectivity index (χ1) is 10.6. The first-order valence-corrected chi connectivity index (χ1v) is 7.76. The molecular weight excluding hydrogens is 276 g/mol. The van der Waals surface area contributed by atoms with Gasteiger partial charge in [0.05, 0.1) is 18.6 Å². The van der Waals surface area contributed by atoms with Gasteiger partial charge >= 0.3 is 0 Å². The summed E-state index contributed by atoms with van der Waals surface area (Å²) in [5.74, 6) is -0.105. The van der Waals surface area contributed by atoms with Crippen molar-refractivity contribution in [2.75, 3.05) is 6.61 Å². The van der Waals surface area contributed by atoms with Gasteiger partial charge in [-0.25, -0.2) is 0 Å². The highest BCUT2D eigenvalue weighted by molar-refractivity contribution is 6.28. The third-order valence-electron chi connectivity index (χ3n) is 3.82. The van der Waals surface area contributed by atoms with Gasteiger partial charge in [-0.2, -0.15) is 0 Å². The average Bonchev–Trinajstić information content (AvgIpc) is 2.77. The van der Waals surface area contributed by atoms with Crippen molar-refractivity contribution in [2.45, 2.75) is 40.0 Å². The van der Waals surface area contributed by atoms with Gasteiger partial charge in [0.25, 0.3) is 0 Å². The Morgan fingerprint density at radius 3 is 2.59 bits per heavy atom. The Balaban J connectivity index is 2.46. The molecule has 1 aliphatic rings. The first kappa shape index (κ1) is 16.2. The number of benzene rings is 1. The molecule has 0 fully saturated rings. The first-order valence-electron chi connectivity index (χ1n) is 7.76. The molecule has 0 unspecified atom stereocenters. The summed E-state index contributed by atoms with van der Waals surface area (Å²) in [6, 6.07) is 7.86. The number of aryl methyl sites for hydroxylation is 1. The van der Waals surface area contributed by atoms with Crippen molar-refractivity contribution in [3.63, 3.8) is 0 Å². The molecule has 116 valence electrons. The van der Waals surface area contributed by atoms with E-state index >= 15 is 0 Å². The van der Waals surface area contributed by atoms with E-state index in [-0.39, 0.29) is 23.7 Å². The van der Waals surface area contributed by atoms with Gasteiger partial charge in [-0.3, -0.25) is 9.59 Å². The molecule has 0 spiro atoms. The Labute approximate surface area is 131 Å². The zero-order chi connectivity index (χ0) is 16.1. The van der Waals surface area contributed by atoms with Crippen molar-refractivity contribution in [3.05, 3.63) is 52.8 Å². The topological polar surface area (TPSA) is 43.4 Å². The molecule has 0 aliphatic heterocycles. The van der Waals surface area contributed by atoms with Crippen LogP contribution in [0.15, 0.2) is 41.7 Å². The zero-order valence-electron chi connectivity index (χ0n) is 13.4. The lowest BCUT2D eigenvalue weighted by Gasteiger charge is -2.13. The molecule has 3 heteroatoms. The molecular formula is C19H22O3. The minimum Gasteiger partial charge on any atom is -0.489 e. The molecule has 2 rings (SSSR count). The van der Waals surface area contributed by atoms with Crippen molar-refractivity contribution in [1.29, 1.82) is 0 Å². The van der Waals surface area contributed by atoms with Crippen LogP contribution in [0.4, 0.5) is 0 Å². The molecule has 0 aromatic heterocycles. The fraction of sp³-hybridized carbons (Fsp3) is 0.368. The third kappa shape index (κ3) is 3.19. The second kappa shape index (κ2) is 7.21. The van der Waals surface area contributed by atoms with E-state index in [1.54, 1.807) is 0 Å². The Morgan fingerprint density at radius 2 is 1.95 bits per heavy atom. The summed E-state index contributed by atoms with van der Waals surface area (Å²) >= 11 is 0. The maximum atomic E-state index is 12.3. The number of hydrogen-bond donors (Lipinski definition) is 0. The summed E-state index contributed by atoms with van der Waals surface area (Å²) < 4.78 is 5.65. The summed E-state index contributed by atoms with van der Waals surface area (Å²) in [5.41, 5.74) is 3.28. The van der Waals surface area contributed by atoms with Crippen LogP contribution in [0.5, 0.6) is 0 Å². The van der Waals surface area contributed by atoms with Gasteiger partial charge in [0.15, 0.2) is 11.5 Å². The largest absolute Gasteiger partial charge is 0.489 e. The van der Waals surface area contributed by atoms with E-state index in [1.165, 1.54) is 0 Å². The van der Waals surface area contributed by atoms with Gasteiger partial charge in [0.2, 0.25) is 5.78 Å². The quantitative estimate of drug-likeness (QED) is 0.588. The van der Waals surface area contributed by atoms with Gasteiger partial charge in [-0.1, -0.05) is 43.7 Å². The number of carbonyl (C=O) groups is 2. The maximum absolute atomic E-state index is 12.3. The number of allylic oxidation sites excluding steroid dienone is 4. The molecule has 0 saturated carbocycles. The number of Topliss-reactive ketones (excluding diaryl/α,β-unsaturated/α-hetero) is 2. The van der Waals surface area contributed by atoms with Crippen molar-refractivity contribution in [3.8, 4) is 0 Å². The highest BCUT2D eigenvalue weighted by Gasteiger charge is 2.34. The molecule has 0 bridgehead atoms. The minimum absolute atomic E-state index is 0.0833. The van der Waals surface area contributed by atoms with Crippen LogP contribution in [0.25, 0.3) is 5.57 Å². The predicted molar refractivity (Wildman–Crippen MR) is 87.3 cm³/mol. The summed E-state index contributed by atoms with van der Waals surface area (Å²) in [7, 11) is 0. The van der Waals surface area contributed by atoms with E-state index in [4.69, 9.17) is 4.74 Å². The highest BCUT2D eigenvalue weighted by Crippen LogP contribution is 2.34. The van der Waals surface area contributed by atoms with E-state index in [1.807, 2.05) is 44.2 Å². The molecule has 0 heterocycles. The number of unbranched alkanes of at least 4 members (excludes halogenated alkanes) is 1. The van der Waals surface area contributed by atoms with Crippen LogP contribution in [0.2, 0.25) is 0 Å². The predicted octanol–water partition coefficient (Wildman–Crippen LogP) is 4.01. The summed E-state index contributed by atoms with van der Waals surface area (Å²) in [6.45, 7) is 6.41. The highest BCUT2D eigenvalue weighted by atomic mass is 16.5. The van der Waals surface area contributed by atoms with E-state index < -0.39 is 0 Å². The van der Waals surface area contributed by atoms with Gasteiger partial charge in [-0.15, -0.1) is 0 Å². The molecule has 0 amide bonds. The second-order valence-electron chi connectivity index (χ2n) is 5.45. The smallest absolute Gasteiger partial charge is 0.205 e. The number of ether oxygens (including phenoxy) is 1. The Bertz CT molecular complexity index is 650. The van der Waals surface area contributed by atoms with Crippen LogP contribution in [-0.4, -0.2) is 18.2 Å². The lowest BCUT2D eigenvalue weighted by atomic mass is 9.93. The van der Waals surface area contributed by atoms with Crippen LogP contribution in [0.1, 0.15) is 44.2 Å². The van der Waals surface area contributed by atoms with Crippen molar-refractivity contribution >= 4 is 17.1 Å². The summed E-state index contributed by atoms with van der Waals surface area (Å²) in [5, 5.41) is 0. The molecule has 0 radical (unpaired) electrons. The summed E-state index contributed by atoms with van der Waals surface area (Å²) in [6.07, 6.45) is 3.66. The zero-order valence-corrected chi connectivity index (χ0v) is 13.4. The molecule has 0 N–H and O–H groups in total. The minimum atomic E-state index is -0.205. The van der Waals surface area contributed by atoms with E-state index in [2.05, 4.69) is 6.92 Å².